The Morgan fingerprint density at radius 1 is 0.571 bits per heavy atom. The molecule has 0 radical (unpaired) electrons. The number of aromatic hydroxyl groups is 1. The van der Waals surface area contributed by atoms with Crippen molar-refractivity contribution in [2.45, 2.75) is 32.1 Å². The van der Waals surface area contributed by atoms with Crippen molar-refractivity contribution in [2.75, 3.05) is 0 Å². The molecule has 0 bridgehead atoms. The molecule has 2 N–H and O–H groups in total. The van der Waals surface area contributed by atoms with Crippen LogP contribution in [0.5, 0.6) is 40.2 Å². The van der Waals surface area contributed by atoms with Gasteiger partial charge in [-0.3, -0.25) is 4.79 Å². The van der Waals surface area contributed by atoms with E-state index in [1.165, 1.54) is 6.07 Å². The normalized spacial score (nSPS) is 10.5. The van der Waals surface area contributed by atoms with Gasteiger partial charge >= 0.3 is 0 Å². The van der Waals surface area contributed by atoms with Gasteiger partial charge in [0.25, 0.3) is 5.56 Å². The number of nitrogens with zero attached hydrogens (tertiary/aromatic N) is 6. The van der Waals surface area contributed by atoms with Crippen LogP contribution in [-0.2, 0) is 19.3 Å². The molecule has 0 spiro atoms. The molecule has 386 valence electrons. The van der Waals surface area contributed by atoms with Crippen LogP contribution < -0.4 is 19.8 Å². The Hall–Kier alpha value is -7.23. The van der Waals surface area contributed by atoms with Crippen LogP contribution in [0.1, 0.15) is 45.1 Å². The SMILES string of the molecule is Cc1ccc(CC#N)cc1O.N#CC(c1ccc(Cl)c(Oc2cccc(Br)c2)c1)c1ccc(Cl)nn1.N#CCc1ccc(Cl)c(Oc2cccc(Br)c2)c1.O=c1ccc(Cc2ccc(Cl)c(Oc3cccc(Br)c3)c2)n[nH]1. The first kappa shape index (κ1) is 59.0. The summed E-state index contributed by atoms with van der Waals surface area (Å²) in [6.45, 7) is 1.82. The Balaban J connectivity index is 0.000000172. The Labute approximate surface area is 489 Å². The molecule has 7 aromatic carbocycles. The first-order valence-electron chi connectivity index (χ1n) is 22.7. The van der Waals surface area contributed by atoms with Crippen LogP contribution in [0, 0.1) is 40.9 Å². The Morgan fingerprint density at radius 3 is 1.53 bits per heavy atom. The minimum atomic E-state index is -0.605. The molecule has 0 aliphatic rings. The first-order valence-corrected chi connectivity index (χ1v) is 26.6. The summed E-state index contributed by atoms with van der Waals surface area (Å²) >= 11 is 34.5. The number of phenols is 1. The minimum Gasteiger partial charge on any atom is -0.508 e. The number of H-pyrrole nitrogens is 1. The second-order valence-corrected chi connectivity index (χ2v) is 20.5. The molecule has 1 atom stereocenters. The quantitative estimate of drug-likeness (QED) is 0.118. The zero-order valence-electron chi connectivity index (χ0n) is 40.3. The molecule has 12 nitrogen and oxygen atoms in total. The summed E-state index contributed by atoms with van der Waals surface area (Å²) in [6, 6.07) is 56.6. The molecule has 0 amide bonds. The summed E-state index contributed by atoms with van der Waals surface area (Å²) in [5.41, 5.74) is 5.31. The van der Waals surface area contributed by atoms with Crippen LogP contribution in [0.15, 0.2) is 188 Å². The van der Waals surface area contributed by atoms with Crippen molar-refractivity contribution in [3.05, 3.63) is 253 Å². The third-order valence-electron chi connectivity index (χ3n) is 10.4. The van der Waals surface area contributed by atoms with Crippen molar-refractivity contribution in [1.82, 2.24) is 20.4 Å². The number of nitriles is 3. The highest BCUT2D eigenvalue weighted by atomic mass is 79.9. The second-order valence-electron chi connectivity index (χ2n) is 16.1. The lowest BCUT2D eigenvalue weighted by molar-refractivity contribution is 0.470. The summed E-state index contributed by atoms with van der Waals surface area (Å²) in [5.74, 6) is 3.27. The van der Waals surface area contributed by atoms with E-state index in [0.29, 0.717) is 80.1 Å². The van der Waals surface area contributed by atoms with Gasteiger partial charge in [0.05, 0.1) is 57.5 Å². The predicted molar refractivity (Wildman–Crippen MR) is 311 cm³/mol. The Morgan fingerprint density at radius 2 is 1.06 bits per heavy atom. The maximum Gasteiger partial charge on any atom is 0.264 e. The number of benzene rings is 7. The highest BCUT2D eigenvalue weighted by Crippen LogP contribution is 2.36. The largest absolute Gasteiger partial charge is 0.508 e. The number of aromatic nitrogens is 4. The van der Waals surface area contributed by atoms with Crippen LogP contribution in [-0.4, -0.2) is 25.5 Å². The highest BCUT2D eigenvalue weighted by molar-refractivity contribution is 9.11. The standard InChI is InChI=1S/C18H10BrCl2N3O.C17H12BrClN2O2.C14H9BrClNO.C9H9NO/c19-12-2-1-3-13(9-12)25-17-8-11(4-5-15(17)20)14(10-22)16-6-7-18(21)24-23-16;18-12-2-1-3-14(10-12)23-16-9-11(4-6-15(16)19)8-13-5-7-17(22)21-20-13;15-11-2-1-3-12(9-11)18-14-8-10(6-7-17)4-5-13(14)16;1-7-2-3-8(4-5-10)6-9(7)11/h1-9,14H;1-7,9-10H,8H2,(H,21,22);1-5,8-9H,6H2;2-3,6,11H,4H2,1H3. The molecular weight excluding hydrogens is 1260 g/mol. The third kappa shape index (κ3) is 19.1. The van der Waals surface area contributed by atoms with E-state index < -0.39 is 5.92 Å². The van der Waals surface area contributed by atoms with E-state index in [1.807, 2.05) is 116 Å². The van der Waals surface area contributed by atoms with Gasteiger partial charge in [0.15, 0.2) is 5.15 Å². The number of halogens is 7. The van der Waals surface area contributed by atoms with Gasteiger partial charge in [0, 0.05) is 25.9 Å². The number of aromatic amines is 1. The van der Waals surface area contributed by atoms with Gasteiger partial charge in [-0.2, -0.15) is 26.0 Å². The number of rotatable bonds is 12. The van der Waals surface area contributed by atoms with E-state index >= 15 is 0 Å². The lowest BCUT2D eigenvalue weighted by Gasteiger charge is -2.13. The van der Waals surface area contributed by atoms with Crippen molar-refractivity contribution >= 4 is 94.2 Å². The van der Waals surface area contributed by atoms with Gasteiger partial charge in [-0.25, -0.2) is 5.10 Å². The molecule has 0 fully saturated rings. The lowest BCUT2D eigenvalue weighted by Crippen LogP contribution is -2.07. The maximum atomic E-state index is 11.0. The van der Waals surface area contributed by atoms with Crippen LogP contribution in [0.25, 0.3) is 0 Å². The maximum absolute atomic E-state index is 11.0. The van der Waals surface area contributed by atoms with E-state index in [4.69, 9.17) is 71.1 Å². The molecule has 9 aromatic rings. The fourth-order valence-electron chi connectivity index (χ4n) is 6.64. The molecule has 19 heteroatoms. The summed E-state index contributed by atoms with van der Waals surface area (Å²) in [6.07, 6.45) is 1.27. The summed E-state index contributed by atoms with van der Waals surface area (Å²) in [7, 11) is 0. The molecule has 0 aliphatic heterocycles. The van der Waals surface area contributed by atoms with Gasteiger partial charge in [-0.1, -0.05) is 143 Å². The summed E-state index contributed by atoms with van der Waals surface area (Å²) in [4.78, 5) is 11.0. The van der Waals surface area contributed by atoms with E-state index in [2.05, 4.69) is 80.3 Å². The molecular formula is C58H40Br3Cl4N7O5. The number of ether oxygens (including phenoxy) is 3. The Kier molecular flexibility index (Phi) is 22.9. The van der Waals surface area contributed by atoms with Gasteiger partial charge in [0.2, 0.25) is 0 Å². The highest BCUT2D eigenvalue weighted by Gasteiger charge is 2.18. The van der Waals surface area contributed by atoms with Crippen molar-refractivity contribution in [3.8, 4) is 58.5 Å². The molecule has 2 heterocycles. The van der Waals surface area contributed by atoms with Crippen molar-refractivity contribution in [1.29, 1.82) is 15.8 Å². The van der Waals surface area contributed by atoms with E-state index in [-0.39, 0.29) is 16.5 Å². The summed E-state index contributed by atoms with van der Waals surface area (Å²) in [5, 5.41) is 51.8. The van der Waals surface area contributed by atoms with Crippen LogP contribution in [0.3, 0.4) is 0 Å². The van der Waals surface area contributed by atoms with Gasteiger partial charge in [0.1, 0.15) is 46.2 Å². The fraction of sp³-hybridized carbons (Fsp3) is 0.0862. The molecule has 2 aromatic heterocycles. The Bertz CT molecular complexity index is 3640. The van der Waals surface area contributed by atoms with Crippen LogP contribution >= 0.6 is 94.2 Å². The number of phenolic OH excluding ortho intramolecular Hbond substituents is 1. The van der Waals surface area contributed by atoms with Crippen molar-refractivity contribution in [3.63, 3.8) is 0 Å². The average Bonchev–Trinajstić information content (AvgIpc) is 3.41. The summed E-state index contributed by atoms with van der Waals surface area (Å²) < 4.78 is 20.2. The molecule has 1 unspecified atom stereocenters. The fourth-order valence-corrected chi connectivity index (χ4v) is 8.35. The van der Waals surface area contributed by atoms with Gasteiger partial charge < -0.3 is 19.3 Å². The van der Waals surface area contributed by atoms with Crippen molar-refractivity contribution in [2.24, 2.45) is 0 Å². The number of hydrogen-bond acceptors (Lipinski definition) is 11. The predicted octanol–water partition coefficient (Wildman–Crippen LogP) is 17.3. The van der Waals surface area contributed by atoms with Crippen LogP contribution in [0.4, 0.5) is 0 Å². The first-order chi connectivity index (χ1) is 37.1. The van der Waals surface area contributed by atoms with Gasteiger partial charge in [-0.05, 0) is 150 Å². The number of aryl methyl sites for hydroxylation is 1. The molecule has 77 heavy (non-hydrogen) atoms. The minimum absolute atomic E-state index is 0.219. The third-order valence-corrected chi connectivity index (χ3v) is 13.0. The van der Waals surface area contributed by atoms with Gasteiger partial charge in [-0.15, -0.1) is 5.10 Å². The molecule has 0 saturated carbocycles. The lowest BCUT2D eigenvalue weighted by atomic mass is 9.97. The smallest absolute Gasteiger partial charge is 0.264 e. The van der Waals surface area contributed by atoms with E-state index in [9.17, 15) is 15.2 Å². The molecule has 0 aliphatic carbocycles. The molecule has 0 saturated heterocycles. The monoisotopic (exact) mass is 1290 g/mol. The van der Waals surface area contributed by atoms with E-state index in [1.54, 1.807) is 60.7 Å². The number of hydrogen-bond donors (Lipinski definition) is 2. The zero-order chi connectivity index (χ0) is 55.3. The zero-order valence-corrected chi connectivity index (χ0v) is 48.1. The average molecular weight is 1300 g/mol. The topological polar surface area (TPSA) is 191 Å². The van der Waals surface area contributed by atoms with E-state index in [0.717, 1.165) is 41.4 Å². The number of nitrogens with one attached hydrogen (secondary N) is 1. The van der Waals surface area contributed by atoms with Crippen molar-refractivity contribution < 1.29 is 19.3 Å². The van der Waals surface area contributed by atoms with Crippen LogP contribution in [0.2, 0.25) is 20.2 Å². The molecule has 9 rings (SSSR count). The second kappa shape index (κ2) is 29.9.